The van der Waals surface area contributed by atoms with Crippen molar-refractivity contribution in [1.82, 2.24) is 0 Å². The number of hydrogen-bond acceptors (Lipinski definition) is 1. The highest BCUT2D eigenvalue weighted by atomic mass is 16.3. The summed E-state index contributed by atoms with van der Waals surface area (Å²) in [6.07, 6.45) is 5.59. The van der Waals surface area contributed by atoms with Crippen LogP contribution in [0.25, 0.3) is 0 Å². The molecular formula is C15H24O. The second-order valence-corrected chi connectivity index (χ2v) is 6.06. The first-order valence-electron chi connectivity index (χ1n) is 6.47. The van der Waals surface area contributed by atoms with Crippen LogP contribution < -0.4 is 0 Å². The minimum atomic E-state index is -0.188. The minimum absolute atomic E-state index is 0.188. The molecule has 2 aliphatic carbocycles. The molecule has 2 aliphatic rings. The lowest BCUT2D eigenvalue weighted by Gasteiger charge is -2.45. The third kappa shape index (κ3) is 1.86. The van der Waals surface area contributed by atoms with Crippen LogP contribution in [0.15, 0.2) is 23.3 Å². The Labute approximate surface area is 99.3 Å². The average molecular weight is 220 g/mol. The van der Waals surface area contributed by atoms with Gasteiger partial charge in [-0.25, -0.2) is 0 Å². The highest BCUT2D eigenvalue weighted by Crippen LogP contribution is 2.51. The third-order valence-corrected chi connectivity index (χ3v) is 4.87. The van der Waals surface area contributed by atoms with Gasteiger partial charge in [0.15, 0.2) is 0 Å². The molecule has 0 bridgehead atoms. The van der Waals surface area contributed by atoms with Crippen LogP contribution in [0.5, 0.6) is 0 Å². The van der Waals surface area contributed by atoms with E-state index in [0.29, 0.717) is 11.3 Å². The monoisotopic (exact) mass is 220 g/mol. The predicted molar refractivity (Wildman–Crippen MR) is 68.2 cm³/mol. The third-order valence-electron chi connectivity index (χ3n) is 4.87. The van der Waals surface area contributed by atoms with Crippen molar-refractivity contribution in [2.24, 2.45) is 11.3 Å². The van der Waals surface area contributed by atoms with Crippen molar-refractivity contribution in [2.75, 3.05) is 0 Å². The lowest BCUT2D eigenvalue weighted by atomic mass is 9.60. The molecule has 0 saturated heterocycles. The van der Waals surface area contributed by atoms with Crippen LogP contribution in [0.4, 0.5) is 0 Å². The molecule has 0 aliphatic heterocycles. The predicted octanol–water partition coefficient (Wildman–Crippen LogP) is 3.84. The molecule has 0 aromatic rings. The Balaban J connectivity index is 2.31. The van der Waals surface area contributed by atoms with Gasteiger partial charge in [0, 0.05) is 0 Å². The van der Waals surface area contributed by atoms with Crippen molar-refractivity contribution in [3.8, 4) is 0 Å². The zero-order chi connectivity index (χ0) is 11.9. The summed E-state index contributed by atoms with van der Waals surface area (Å²) in [7, 11) is 0. The fraction of sp³-hybridized carbons (Fsp3) is 0.733. The Kier molecular flexibility index (Phi) is 3.00. The summed E-state index contributed by atoms with van der Waals surface area (Å²) < 4.78 is 0. The Morgan fingerprint density at radius 1 is 1.38 bits per heavy atom. The molecule has 2 rings (SSSR count). The zero-order valence-electron chi connectivity index (χ0n) is 10.8. The van der Waals surface area contributed by atoms with E-state index < -0.39 is 0 Å². The maximum absolute atomic E-state index is 9.98. The van der Waals surface area contributed by atoms with Gasteiger partial charge in [-0.2, -0.15) is 0 Å². The number of fused-ring (bicyclic) bond motifs is 1. The Hall–Kier alpha value is -0.560. The first-order chi connectivity index (χ1) is 7.44. The van der Waals surface area contributed by atoms with E-state index in [0.717, 1.165) is 19.3 Å². The van der Waals surface area contributed by atoms with Gasteiger partial charge in [0.25, 0.3) is 0 Å². The molecule has 1 nitrogen and oxygen atoms in total. The molecular weight excluding hydrogens is 196 g/mol. The molecule has 0 aromatic carbocycles. The van der Waals surface area contributed by atoms with Gasteiger partial charge in [-0.15, -0.1) is 0 Å². The van der Waals surface area contributed by atoms with Crippen molar-refractivity contribution >= 4 is 0 Å². The van der Waals surface area contributed by atoms with Crippen LogP contribution in [0.2, 0.25) is 0 Å². The summed E-state index contributed by atoms with van der Waals surface area (Å²) >= 11 is 0. The summed E-state index contributed by atoms with van der Waals surface area (Å²) in [5, 5.41) is 9.98. The second-order valence-electron chi connectivity index (χ2n) is 6.06. The molecule has 1 heteroatoms. The van der Waals surface area contributed by atoms with Crippen LogP contribution in [-0.4, -0.2) is 11.2 Å². The molecule has 0 spiro atoms. The summed E-state index contributed by atoms with van der Waals surface area (Å²) in [5.74, 6) is 0.642. The number of hydrogen-bond donors (Lipinski definition) is 1. The topological polar surface area (TPSA) is 20.2 Å². The number of rotatable bonds is 1. The van der Waals surface area contributed by atoms with Gasteiger partial charge in [-0.1, -0.05) is 24.6 Å². The smallest absolute Gasteiger partial charge is 0.0750 e. The van der Waals surface area contributed by atoms with Gasteiger partial charge in [0.2, 0.25) is 0 Å². The summed E-state index contributed by atoms with van der Waals surface area (Å²) in [5.41, 5.74) is 4.46. The normalized spacial score (nSPS) is 39.5. The van der Waals surface area contributed by atoms with Crippen LogP contribution in [0, 0.1) is 11.3 Å². The van der Waals surface area contributed by atoms with Crippen molar-refractivity contribution in [1.29, 1.82) is 0 Å². The molecule has 0 radical (unpaired) electrons. The molecule has 90 valence electrons. The van der Waals surface area contributed by atoms with Crippen molar-refractivity contribution in [3.63, 3.8) is 0 Å². The van der Waals surface area contributed by atoms with Crippen LogP contribution in [-0.2, 0) is 0 Å². The largest absolute Gasteiger partial charge is 0.389 e. The van der Waals surface area contributed by atoms with Gasteiger partial charge in [0.05, 0.1) is 6.10 Å². The zero-order valence-corrected chi connectivity index (χ0v) is 10.8. The van der Waals surface area contributed by atoms with E-state index in [1.807, 2.05) is 0 Å². The van der Waals surface area contributed by atoms with Gasteiger partial charge < -0.3 is 5.11 Å². The maximum atomic E-state index is 9.98. The SMILES string of the molecule is C=C(C)[C@H]1CC[C@]2(C)CC[C@H](O)C(C)=C2C1. The van der Waals surface area contributed by atoms with E-state index in [9.17, 15) is 5.11 Å². The quantitative estimate of drug-likeness (QED) is 0.666. The average Bonchev–Trinajstić information content (AvgIpc) is 2.24. The molecule has 0 aromatic heterocycles. The molecule has 0 heterocycles. The molecule has 1 saturated carbocycles. The summed E-state index contributed by atoms with van der Waals surface area (Å²) in [6, 6.07) is 0. The van der Waals surface area contributed by atoms with E-state index in [-0.39, 0.29) is 6.10 Å². The van der Waals surface area contributed by atoms with Crippen molar-refractivity contribution in [2.45, 2.75) is 59.0 Å². The maximum Gasteiger partial charge on any atom is 0.0750 e. The molecule has 0 unspecified atom stereocenters. The number of aliphatic hydroxyl groups is 1. The first-order valence-corrected chi connectivity index (χ1v) is 6.47. The van der Waals surface area contributed by atoms with E-state index >= 15 is 0 Å². The fourth-order valence-electron chi connectivity index (χ4n) is 3.44. The van der Waals surface area contributed by atoms with Gasteiger partial charge in [-0.05, 0) is 62.9 Å². The summed E-state index contributed by atoms with van der Waals surface area (Å²) in [6.45, 7) is 10.7. The highest BCUT2D eigenvalue weighted by Gasteiger charge is 2.40. The van der Waals surface area contributed by atoms with Crippen LogP contribution in [0.3, 0.4) is 0 Å². The van der Waals surface area contributed by atoms with Gasteiger partial charge in [0.1, 0.15) is 0 Å². The molecule has 3 atom stereocenters. The van der Waals surface area contributed by atoms with Gasteiger partial charge in [-0.3, -0.25) is 0 Å². The molecule has 1 fully saturated rings. The Bertz CT molecular complexity index is 339. The molecule has 0 amide bonds. The Morgan fingerprint density at radius 2 is 2.00 bits per heavy atom. The van der Waals surface area contributed by atoms with Crippen LogP contribution in [0.1, 0.15) is 52.9 Å². The van der Waals surface area contributed by atoms with Gasteiger partial charge >= 0.3 is 0 Å². The van der Waals surface area contributed by atoms with Crippen LogP contribution >= 0.6 is 0 Å². The fourth-order valence-corrected chi connectivity index (χ4v) is 3.44. The lowest BCUT2D eigenvalue weighted by molar-refractivity contribution is 0.133. The number of aliphatic hydroxyl groups excluding tert-OH is 1. The van der Waals surface area contributed by atoms with E-state index in [2.05, 4.69) is 27.4 Å². The van der Waals surface area contributed by atoms with E-state index in [1.54, 1.807) is 0 Å². The molecule has 16 heavy (non-hydrogen) atoms. The number of allylic oxidation sites excluding steroid dienone is 2. The highest BCUT2D eigenvalue weighted by molar-refractivity contribution is 5.30. The summed E-state index contributed by atoms with van der Waals surface area (Å²) in [4.78, 5) is 0. The second kappa shape index (κ2) is 4.03. The minimum Gasteiger partial charge on any atom is -0.389 e. The molecule has 1 N–H and O–H groups in total. The van der Waals surface area contributed by atoms with E-state index in [4.69, 9.17) is 0 Å². The lowest BCUT2D eigenvalue weighted by Crippen LogP contribution is -2.35. The standard InChI is InChI=1S/C15H24O/c1-10(2)12-5-7-15(4)8-6-14(16)11(3)13(15)9-12/h12,14,16H,1,5-9H2,2-4H3/t12-,14-,15+/m0/s1. The van der Waals surface area contributed by atoms with Crippen molar-refractivity contribution in [3.05, 3.63) is 23.3 Å². The Morgan fingerprint density at radius 3 is 2.62 bits per heavy atom. The van der Waals surface area contributed by atoms with Crippen molar-refractivity contribution < 1.29 is 5.11 Å². The van der Waals surface area contributed by atoms with E-state index in [1.165, 1.54) is 29.6 Å². The first kappa shape index (κ1) is 11.9.